The Morgan fingerprint density at radius 2 is 2.16 bits per heavy atom. The number of halogens is 1. The van der Waals surface area contributed by atoms with Crippen molar-refractivity contribution in [1.82, 2.24) is 0 Å². The minimum absolute atomic E-state index is 0.143. The van der Waals surface area contributed by atoms with Crippen LogP contribution in [0.5, 0.6) is 0 Å². The van der Waals surface area contributed by atoms with Gasteiger partial charge in [0.1, 0.15) is 23.2 Å². The maximum atomic E-state index is 10.9. The zero-order valence-corrected chi connectivity index (χ0v) is 11.3. The summed E-state index contributed by atoms with van der Waals surface area (Å²) in [4.78, 5) is 10.9. The highest BCUT2D eigenvalue weighted by atomic mass is 79.9. The Hall–Kier alpha value is -2.32. The number of primary amides is 1. The second-order valence-corrected chi connectivity index (χ2v) is 4.66. The van der Waals surface area contributed by atoms with Gasteiger partial charge in [0.05, 0.1) is 0 Å². The normalized spacial score (nSPS) is 11.1. The molecule has 1 amide bonds. The van der Waals surface area contributed by atoms with Gasteiger partial charge in [-0.15, -0.1) is 0 Å². The molecular formula is C14H9BrN2O2. The van der Waals surface area contributed by atoms with Gasteiger partial charge in [0.15, 0.2) is 0 Å². The molecule has 0 radical (unpaired) electrons. The number of nitriles is 1. The predicted molar refractivity (Wildman–Crippen MR) is 74.6 cm³/mol. The lowest BCUT2D eigenvalue weighted by atomic mass is 10.2. The fourth-order valence-corrected chi connectivity index (χ4v) is 1.93. The van der Waals surface area contributed by atoms with Crippen LogP contribution < -0.4 is 5.73 Å². The van der Waals surface area contributed by atoms with Crippen LogP contribution in [0, 0.1) is 11.3 Å². The van der Waals surface area contributed by atoms with Crippen LogP contribution in [0.25, 0.3) is 17.4 Å². The van der Waals surface area contributed by atoms with Gasteiger partial charge in [-0.2, -0.15) is 5.26 Å². The first-order chi connectivity index (χ1) is 9.10. The molecule has 2 aromatic rings. The summed E-state index contributed by atoms with van der Waals surface area (Å²) in [6.07, 6.45) is 1.32. The predicted octanol–water partition coefficient (Wildman–Crippen LogP) is 3.10. The van der Waals surface area contributed by atoms with Crippen LogP contribution in [0.2, 0.25) is 0 Å². The third-order valence-electron chi connectivity index (χ3n) is 2.41. The van der Waals surface area contributed by atoms with E-state index in [0.717, 1.165) is 10.0 Å². The smallest absolute Gasteiger partial charge is 0.259 e. The first kappa shape index (κ1) is 13.1. The van der Waals surface area contributed by atoms with Gasteiger partial charge in [-0.05, 0) is 24.3 Å². The van der Waals surface area contributed by atoms with Crippen molar-refractivity contribution in [3.8, 4) is 17.4 Å². The first-order valence-electron chi connectivity index (χ1n) is 5.37. The number of amides is 1. The molecule has 94 valence electrons. The molecule has 1 aromatic carbocycles. The van der Waals surface area contributed by atoms with Crippen molar-refractivity contribution < 1.29 is 9.21 Å². The maximum absolute atomic E-state index is 10.9. The summed E-state index contributed by atoms with van der Waals surface area (Å²) < 4.78 is 6.49. The number of furan rings is 1. The molecule has 4 nitrogen and oxygen atoms in total. The number of carbonyl (C=O) groups excluding carboxylic acids is 1. The molecule has 0 atom stereocenters. The molecule has 0 saturated carbocycles. The van der Waals surface area contributed by atoms with E-state index in [1.165, 1.54) is 6.08 Å². The van der Waals surface area contributed by atoms with E-state index < -0.39 is 5.91 Å². The number of rotatable bonds is 3. The summed E-state index contributed by atoms with van der Waals surface area (Å²) in [7, 11) is 0. The van der Waals surface area contributed by atoms with Crippen LogP contribution >= 0.6 is 15.9 Å². The second-order valence-electron chi connectivity index (χ2n) is 3.75. The highest BCUT2D eigenvalue weighted by Crippen LogP contribution is 2.25. The van der Waals surface area contributed by atoms with Gasteiger partial charge in [-0.3, -0.25) is 4.79 Å². The summed E-state index contributed by atoms with van der Waals surface area (Å²) in [5.74, 6) is 0.280. The Labute approximate surface area is 118 Å². The molecule has 0 aliphatic rings. The highest BCUT2D eigenvalue weighted by Gasteiger charge is 2.07. The molecule has 0 unspecified atom stereocenters. The van der Waals surface area contributed by atoms with Crippen LogP contribution in [0.3, 0.4) is 0 Å². The molecule has 1 heterocycles. The number of carbonyl (C=O) groups is 1. The van der Waals surface area contributed by atoms with Crippen LogP contribution in [0.1, 0.15) is 5.76 Å². The Balaban J connectivity index is 2.35. The summed E-state index contributed by atoms with van der Waals surface area (Å²) in [5, 5.41) is 8.75. The number of nitrogens with two attached hydrogens (primary N) is 1. The van der Waals surface area contributed by atoms with Gasteiger partial charge in [0, 0.05) is 16.1 Å². The molecule has 0 aliphatic heterocycles. The number of nitrogens with zero attached hydrogens (tertiary/aromatic N) is 1. The summed E-state index contributed by atoms with van der Waals surface area (Å²) in [6.45, 7) is 0. The monoisotopic (exact) mass is 316 g/mol. The molecule has 0 saturated heterocycles. The third-order valence-corrected chi connectivity index (χ3v) is 2.90. The van der Waals surface area contributed by atoms with E-state index in [-0.39, 0.29) is 5.57 Å². The largest absolute Gasteiger partial charge is 0.457 e. The lowest BCUT2D eigenvalue weighted by molar-refractivity contribution is -0.114. The molecule has 5 heteroatoms. The van der Waals surface area contributed by atoms with Crippen LogP contribution in [-0.2, 0) is 4.79 Å². The lowest BCUT2D eigenvalue weighted by Crippen LogP contribution is -2.12. The van der Waals surface area contributed by atoms with Crippen molar-refractivity contribution >= 4 is 27.9 Å². The van der Waals surface area contributed by atoms with E-state index >= 15 is 0 Å². The summed E-state index contributed by atoms with van der Waals surface area (Å²) in [5.41, 5.74) is 5.81. The average Bonchev–Trinajstić information content (AvgIpc) is 2.84. The minimum atomic E-state index is -0.775. The Bertz CT molecular complexity index is 695. The molecule has 0 bridgehead atoms. The SMILES string of the molecule is N#C/C(=C\c1ccc(-c2cccc(Br)c2)o1)C(N)=O. The fourth-order valence-electron chi connectivity index (χ4n) is 1.53. The van der Waals surface area contributed by atoms with Gasteiger partial charge in [-0.25, -0.2) is 0 Å². The van der Waals surface area contributed by atoms with Crippen molar-refractivity contribution in [3.63, 3.8) is 0 Å². The molecule has 0 fully saturated rings. The van der Waals surface area contributed by atoms with Crippen LogP contribution in [0.4, 0.5) is 0 Å². The number of hydrogen-bond donors (Lipinski definition) is 1. The van der Waals surface area contributed by atoms with Crippen molar-refractivity contribution in [2.75, 3.05) is 0 Å². The Kier molecular flexibility index (Phi) is 3.83. The number of benzene rings is 1. The fraction of sp³-hybridized carbons (Fsp3) is 0. The average molecular weight is 317 g/mol. The maximum Gasteiger partial charge on any atom is 0.259 e. The quantitative estimate of drug-likeness (QED) is 0.698. The molecule has 2 N–H and O–H groups in total. The standard InChI is InChI=1S/C14H9BrN2O2/c15-11-3-1-2-9(6-11)13-5-4-12(19-13)7-10(8-16)14(17)18/h1-7H,(H2,17,18)/b10-7+. The Morgan fingerprint density at radius 3 is 2.79 bits per heavy atom. The first-order valence-corrected chi connectivity index (χ1v) is 6.17. The topological polar surface area (TPSA) is 80.0 Å². The second kappa shape index (κ2) is 5.55. The van der Waals surface area contributed by atoms with E-state index in [1.54, 1.807) is 18.2 Å². The molecule has 2 rings (SSSR count). The van der Waals surface area contributed by atoms with Gasteiger partial charge in [0.25, 0.3) is 5.91 Å². The molecule has 1 aromatic heterocycles. The van der Waals surface area contributed by atoms with E-state index in [1.807, 2.05) is 24.3 Å². The molecule has 0 aliphatic carbocycles. The number of hydrogen-bond acceptors (Lipinski definition) is 3. The van der Waals surface area contributed by atoms with E-state index in [9.17, 15) is 4.79 Å². The van der Waals surface area contributed by atoms with Gasteiger partial charge < -0.3 is 10.2 Å². The van der Waals surface area contributed by atoms with Gasteiger partial charge >= 0.3 is 0 Å². The molecule has 0 spiro atoms. The van der Waals surface area contributed by atoms with E-state index in [2.05, 4.69) is 15.9 Å². The minimum Gasteiger partial charge on any atom is -0.457 e. The Morgan fingerprint density at radius 1 is 1.37 bits per heavy atom. The zero-order valence-electron chi connectivity index (χ0n) is 9.76. The summed E-state index contributed by atoms with van der Waals surface area (Å²) in [6, 6.07) is 12.8. The van der Waals surface area contributed by atoms with Crippen molar-refractivity contribution in [3.05, 3.63) is 52.2 Å². The molecular weight excluding hydrogens is 308 g/mol. The third kappa shape index (κ3) is 3.12. The summed E-state index contributed by atoms with van der Waals surface area (Å²) >= 11 is 3.38. The highest BCUT2D eigenvalue weighted by molar-refractivity contribution is 9.10. The van der Waals surface area contributed by atoms with Crippen molar-refractivity contribution in [2.24, 2.45) is 5.73 Å². The molecule has 19 heavy (non-hydrogen) atoms. The zero-order chi connectivity index (χ0) is 13.8. The van der Waals surface area contributed by atoms with Crippen LogP contribution in [0.15, 0.2) is 50.9 Å². The van der Waals surface area contributed by atoms with E-state index in [4.69, 9.17) is 15.4 Å². The van der Waals surface area contributed by atoms with Gasteiger partial charge in [-0.1, -0.05) is 28.1 Å². The van der Waals surface area contributed by atoms with Crippen molar-refractivity contribution in [1.29, 1.82) is 5.26 Å². The van der Waals surface area contributed by atoms with Crippen LogP contribution in [-0.4, -0.2) is 5.91 Å². The van der Waals surface area contributed by atoms with Crippen molar-refractivity contribution in [2.45, 2.75) is 0 Å². The van der Waals surface area contributed by atoms with E-state index in [0.29, 0.717) is 11.5 Å². The van der Waals surface area contributed by atoms with Gasteiger partial charge in [0.2, 0.25) is 0 Å². The lowest BCUT2D eigenvalue weighted by Gasteiger charge is -1.97.